The number of nitrogens with zero attached hydrogens (tertiary/aromatic N) is 2. The van der Waals surface area contributed by atoms with Crippen LogP contribution in [0.25, 0.3) is 11.3 Å². The van der Waals surface area contributed by atoms with Gasteiger partial charge in [-0.1, -0.05) is 45.9 Å². The minimum Gasteiger partial charge on any atom is -0.272 e. The molecule has 0 saturated heterocycles. The van der Waals surface area contributed by atoms with E-state index in [1.54, 1.807) is 0 Å². The summed E-state index contributed by atoms with van der Waals surface area (Å²) in [6.07, 6.45) is 0. The molecule has 0 aliphatic heterocycles. The molecule has 0 aliphatic rings. The Hall–Kier alpha value is -1.57. The summed E-state index contributed by atoms with van der Waals surface area (Å²) in [4.78, 5) is 0. The maximum atomic E-state index is 4.62. The van der Waals surface area contributed by atoms with E-state index >= 15 is 0 Å². The summed E-state index contributed by atoms with van der Waals surface area (Å²) in [7, 11) is 2.02. The van der Waals surface area contributed by atoms with Gasteiger partial charge in [-0.3, -0.25) is 4.68 Å². The molecule has 2 rings (SSSR count). The third-order valence-electron chi connectivity index (χ3n) is 3.36. The van der Waals surface area contributed by atoms with Gasteiger partial charge in [-0.15, -0.1) is 0 Å². The van der Waals surface area contributed by atoms with Crippen LogP contribution >= 0.6 is 0 Å². The molecule has 18 heavy (non-hydrogen) atoms. The summed E-state index contributed by atoms with van der Waals surface area (Å²) in [6, 6.07) is 10.9. The molecule has 1 aromatic heterocycles. The fourth-order valence-electron chi connectivity index (χ4n) is 2.22. The first-order valence-electron chi connectivity index (χ1n) is 6.63. The first kappa shape index (κ1) is 12.9. The Morgan fingerprint density at radius 2 is 1.72 bits per heavy atom. The Morgan fingerprint density at radius 3 is 2.28 bits per heavy atom. The van der Waals surface area contributed by atoms with Crippen molar-refractivity contribution in [3.8, 4) is 11.3 Å². The zero-order valence-electron chi connectivity index (χ0n) is 11.9. The molecule has 1 heterocycles. The van der Waals surface area contributed by atoms with E-state index in [1.807, 2.05) is 11.7 Å². The van der Waals surface area contributed by atoms with Crippen LogP contribution in [0, 0.1) is 0 Å². The molecule has 0 N–H and O–H groups in total. The lowest BCUT2D eigenvalue weighted by Crippen LogP contribution is -1.99. The maximum absolute atomic E-state index is 4.62. The predicted octanol–water partition coefficient (Wildman–Crippen LogP) is 4.33. The minimum absolute atomic E-state index is 0.504. The second kappa shape index (κ2) is 4.97. The minimum atomic E-state index is 0.504. The largest absolute Gasteiger partial charge is 0.272 e. The third kappa shape index (κ3) is 2.47. The SMILES string of the molecule is CC(C)c1cccc(-c2cc(C(C)C)n(C)n2)c1. The average Bonchev–Trinajstić information content (AvgIpc) is 2.71. The summed E-state index contributed by atoms with van der Waals surface area (Å²) < 4.78 is 1.99. The molecule has 0 radical (unpaired) electrons. The van der Waals surface area contributed by atoms with Crippen molar-refractivity contribution in [1.82, 2.24) is 9.78 Å². The first-order chi connectivity index (χ1) is 8.49. The van der Waals surface area contributed by atoms with Crippen LogP contribution in [0.4, 0.5) is 0 Å². The van der Waals surface area contributed by atoms with Crippen LogP contribution < -0.4 is 0 Å². The highest BCUT2D eigenvalue weighted by Gasteiger charge is 2.10. The number of benzene rings is 1. The molecule has 2 heteroatoms. The van der Waals surface area contributed by atoms with Gasteiger partial charge in [0, 0.05) is 18.3 Å². The Labute approximate surface area is 110 Å². The zero-order chi connectivity index (χ0) is 13.3. The molecule has 0 fully saturated rings. The molecule has 0 spiro atoms. The van der Waals surface area contributed by atoms with E-state index in [-0.39, 0.29) is 0 Å². The Bertz CT molecular complexity index is 536. The van der Waals surface area contributed by atoms with E-state index in [0.717, 1.165) is 5.69 Å². The van der Waals surface area contributed by atoms with E-state index in [4.69, 9.17) is 0 Å². The highest BCUT2D eigenvalue weighted by Crippen LogP contribution is 2.25. The molecular formula is C16H22N2. The molecule has 1 aromatic carbocycles. The number of hydrogen-bond acceptors (Lipinski definition) is 1. The van der Waals surface area contributed by atoms with Crippen LogP contribution in [-0.4, -0.2) is 9.78 Å². The van der Waals surface area contributed by atoms with Gasteiger partial charge in [0.05, 0.1) is 5.69 Å². The van der Waals surface area contributed by atoms with Gasteiger partial charge in [-0.25, -0.2) is 0 Å². The van der Waals surface area contributed by atoms with Gasteiger partial charge < -0.3 is 0 Å². The van der Waals surface area contributed by atoms with Crippen molar-refractivity contribution >= 4 is 0 Å². The number of aryl methyl sites for hydroxylation is 1. The number of hydrogen-bond donors (Lipinski definition) is 0. The van der Waals surface area contributed by atoms with Crippen molar-refractivity contribution in [3.05, 3.63) is 41.6 Å². The molecule has 0 saturated carbocycles. The molecule has 0 amide bonds. The Kier molecular flexibility index (Phi) is 3.55. The fraction of sp³-hybridized carbons (Fsp3) is 0.438. The van der Waals surface area contributed by atoms with Crippen LogP contribution in [0.2, 0.25) is 0 Å². The molecule has 2 nitrogen and oxygen atoms in total. The molecule has 0 unspecified atom stereocenters. The van der Waals surface area contributed by atoms with Crippen LogP contribution in [0.3, 0.4) is 0 Å². The van der Waals surface area contributed by atoms with Gasteiger partial charge in [0.2, 0.25) is 0 Å². The smallest absolute Gasteiger partial charge is 0.0926 e. The summed E-state index contributed by atoms with van der Waals surface area (Å²) in [5.41, 5.74) is 4.93. The van der Waals surface area contributed by atoms with Crippen LogP contribution in [0.15, 0.2) is 30.3 Å². The van der Waals surface area contributed by atoms with Gasteiger partial charge in [-0.2, -0.15) is 5.10 Å². The third-order valence-corrected chi connectivity index (χ3v) is 3.36. The van der Waals surface area contributed by atoms with Crippen molar-refractivity contribution in [2.24, 2.45) is 7.05 Å². The predicted molar refractivity (Wildman–Crippen MR) is 76.8 cm³/mol. The molecular weight excluding hydrogens is 220 g/mol. The van der Waals surface area contributed by atoms with Crippen molar-refractivity contribution in [2.75, 3.05) is 0 Å². The van der Waals surface area contributed by atoms with Gasteiger partial charge in [-0.05, 0) is 29.5 Å². The van der Waals surface area contributed by atoms with Crippen LogP contribution in [0.1, 0.15) is 50.8 Å². The van der Waals surface area contributed by atoms with Gasteiger partial charge >= 0.3 is 0 Å². The molecule has 0 aliphatic carbocycles. The maximum Gasteiger partial charge on any atom is 0.0926 e. The van der Waals surface area contributed by atoms with E-state index in [2.05, 4.69) is 63.1 Å². The quantitative estimate of drug-likeness (QED) is 0.783. The van der Waals surface area contributed by atoms with E-state index in [9.17, 15) is 0 Å². The second-order valence-electron chi connectivity index (χ2n) is 5.51. The van der Waals surface area contributed by atoms with Crippen molar-refractivity contribution in [1.29, 1.82) is 0 Å². The highest BCUT2D eigenvalue weighted by molar-refractivity contribution is 5.60. The van der Waals surface area contributed by atoms with Crippen molar-refractivity contribution in [3.63, 3.8) is 0 Å². The Balaban J connectivity index is 2.42. The molecule has 2 aromatic rings. The van der Waals surface area contributed by atoms with Crippen molar-refractivity contribution in [2.45, 2.75) is 39.5 Å². The fourth-order valence-corrected chi connectivity index (χ4v) is 2.22. The lowest BCUT2D eigenvalue weighted by atomic mass is 9.99. The lowest BCUT2D eigenvalue weighted by Gasteiger charge is -2.06. The second-order valence-corrected chi connectivity index (χ2v) is 5.51. The zero-order valence-corrected chi connectivity index (χ0v) is 11.9. The standard InChI is InChI=1S/C16H22N2/c1-11(2)13-7-6-8-14(9-13)15-10-16(12(3)4)18(5)17-15/h6-12H,1-5H3. The van der Waals surface area contributed by atoms with E-state index < -0.39 is 0 Å². The summed E-state index contributed by atoms with van der Waals surface area (Å²) in [5, 5.41) is 4.62. The number of aromatic nitrogens is 2. The van der Waals surface area contributed by atoms with E-state index in [1.165, 1.54) is 16.8 Å². The van der Waals surface area contributed by atoms with Crippen LogP contribution in [-0.2, 0) is 7.05 Å². The average molecular weight is 242 g/mol. The molecule has 96 valence electrons. The monoisotopic (exact) mass is 242 g/mol. The van der Waals surface area contributed by atoms with Gasteiger partial charge in [0.1, 0.15) is 0 Å². The topological polar surface area (TPSA) is 17.8 Å². The molecule has 0 atom stereocenters. The highest BCUT2D eigenvalue weighted by atomic mass is 15.3. The first-order valence-corrected chi connectivity index (χ1v) is 6.63. The van der Waals surface area contributed by atoms with Gasteiger partial charge in [0.15, 0.2) is 0 Å². The normalized spacial score (nSPS) is 11.5. The van der Waals surface area contributed by atoms with Crippen LogP contribution in [0.5, 0.6) is 0 Å². The van der Waals surface area contributed by atoms with Gasteiger partial charge in [0.25, 0.3) is 0 Å². The molecule has 0 bridgehead atoms. The Morgan fingerprint density at radius 1 is 1.00 bits per heavy atom. The summed E-state index contributed by atoms with van der Waals surface area (Å²) in [5.74, 6) is 1.06. The summed E-state index contributed by atoms with van der Waals surface area (Å²) >= 11 is 0. The number of rotatable bonds is 3. The van der Waals surface area contributed by atoms with E-state index in [0.29, 0.717) is 11.8 Å². The van der Waals surface area contributed by atoms with Crippen molar-refractivity contribution < 1.29 is 0 Å². The summed E-state index contributed by atoms with van der Waals surface area (Å²) in [6.45, 7) is 8.84. The lowest BCUT2D eigenvalue weighted by molar-refractivity contribution is 0.670.